The van der Waals surface area contributed by atoms with E-state index in [4.69, 9.17) is 10.5 Å². The Hall–Kier alpha value is -1.55. The molecule has 0 bridgehead atoms. The standard InChI is InChI=1S/C14H22N2O2/c1-8-7-11(18-6)9(2)10(3)12(8)13(15)14(17)16(4)5/h7,13H,15H2,1-6H3. The predicted molar refractivity (Wildman–Crippen MR) is 72.8 cm³/mol. The van der Waals surface area contributed by atoms with Crippen LogP contribution in [0.15, 0.2) is 6.07 Å². The molecule has 0 saturated heterocycles. The molecule has 1 aromatic rings. The van der Waals surface area contributed by atoms with Crippen molar-refractivity contribution >= 4 is 5.91 Å². The zero-order valence-electron chi connectivity index (χ0n) is 12.0. The lowest BCUT2D eigenvalue weighted by Crippen LogP contribution is -2.34. The van der Waals surface area contributed by atoms with Gasteiger partial charge >= 0.3 is 0 Å². The molecule has 2 N–H and O–H groups in total. The molecule has 0 aliphatic carbocycles. The summed E-state index contributed by atoms with van der Waals surface area (Å²) >= 11 is 0. The molecule has 0 fully saturated rings. The number of aryl methyl sites for hydroxylation is 1. The van der Waals surface area contributed by atoms with Crippen LogP contribution < -0.4 is 10.5 Å². The van der Waals surface area contributed by atoms with E-state index in [0.717, 1.165) is 28.0 Å². The van der Waals surface area contributed by atoms with Gasteiger partial charge in [-0.1, -0.05) is 0 Å². The number of amides is 1. The Morgan fingerprint density at radius 2 is 1.83 bits per heavy atom. The summed E-state index contributed by atoms with van der Waals surface area (Å²) in [4.78, 5) is 13.5. The molecule has 18 heavy (non-hydrogen) atoms. The summed E-state index contributed by atoms with van der Waals surface area (Å²) < 4.78 is 5.31. The fourth-order valence-corrected chi connectivity index (χ4v) is 2.16. The monoisotopic (exact) mass is 250 g/mol. The first-order valence-corrected chi connectivity index (χ1v) is 5.92. The Balaban J connectivity index is 3.34. The van der Waals surface area contributed by atoms with Gasteiger partial charge in [0.05, 0.1) is 7.11 Å². The van der Waals surface area contributed by atoms with Crippen LogP contribution in [-0.4, -0.2) is 32.0 Å². The molecule has 0 aliphatic rings. The van der Waals surface area contributed by atoms with E-state index >= 15 is 0 Å². The molecule has 0 spiro atoms. The lowest BCUT2D eigenvalue weighted by molar-refractivity contribution is -0.130. The van der Waals surface area contributed by atoms with Crippen molar-refractivity contribution in [3.63, 3.8) is 0 Å². The van der Waals surface area contributed by atoms with Crippen molar-refractivity contribution in [3.05, 3.63) is 28.3 Å². The second-order valence-electron chi connectivity index (χ2n) is 4.77. The van der Waals surface area contributed by atoms with Crippen molar-refractivity contribution in [3.8, 4) is 5.75 Å². The molecule has 0 radical (unpaired) electrons. The van der Waals surface area contributed by atoms with Crippen molar-refractivity contribution in [1.29, 1.82) is 0 Å². The minimum absolute atomic E-state index is 0.0919. The Bertz CT molecular complexity index is 467. The number of hydrogen-bond acceptors (Lipinski definition) is 3. The molecular weight excluding hydrogens is 228 g/mol. The summed E-state index contributed by atoms with van der Waals surface area (Å²) in [6, 6.07) is 1.31. The minimum atomic E-state index is -0.621. The van der Waals surface area contributed by atoms with Crippen molar-refractivity contribution in [2.45, 2.75) is 26.8 Å². The number of hydrogen-bond donors (Lipinski definition) is 1. The number of nitrogens with zero attached hydrogens (tertiary/aromatic N) is 1. The Labute approximate surface area is 109 Å². The van der Waals surface area contributed by atoms with Gasteiger partial charge in [0, 0.05) is 14.1 Å². The molecule has 1 rings (SSSR count). The topological polar surface area (TPSA) is 55.6 Å². The third-order valence-corrected chi connectivity index (χ3v) is 3.35. The molecule has 4 heteroatoms. The molecule has 4 nitrogen and oxygen atoms in total. The van der Waals surface area contributed by atoms with Crippen molar-refractivity contribution in [1.82, 2.24) is 4.90 Å². The number of rotatable bonds is 3. The van der Waals surface area contributed by atoms with E-state index in [1.54, 1.807) is 21.2 Å². The van der Waals surface area contributed by atoms with Crippen LogP contribution in [0.5, 0.6) is 5.75 Å². The van der Waals surface area contributed by atoms with Crippen LogP contribution >= 0.6 is 0 Å². The van der Waals surface area contributed by atoms with Gasteiger partial charge in [0.15, 0.2) is 0 Å². The number of methoxy groups -OCH3 is 1. The SMILES string of the molecule is COc1cc(C)c(C(N)C(=O)N(C)C)c(C)c1C. The average Bonchev–Trinajstić information content (AvgIpc) is 2.32. The predicted octanol–water partition coefficient (Wildman–Crippen LogP) is 1.71. The van der Waals surface area contributed by atoms with Gasteiger partial charge in [0.25, 0.3) is 0 Å². The summed E-state index contributed by atoms with van der Waals surface area (Å²) in [5.74, 6) is 0.740. The fourth-order valence-electron chi connectivity index (χ4n) is 2.16. The highest BCUT2D eigenvalue weighted by Gasteiger charge is 2.23. The first-order valence-electron chi connectivity index (χ1n) is 5.92. The third kappa shape index (κ3) is 2.48. The molecule has 0 saturated carbocycles. The zero-order chi connectivity index (χ0) is 14.0. The van der Waals surface area contributed by atoms with Crippen LogP contribution in [0.2, 0.25) is 0 Å². The van der Waals surface area contributed by atoms with Crippen LogP contribution in [0.4, 0.5) is 0 Å². The summed E-state index contributed by atoms with van der Waals surface area (Å²) in [6.07, 6.45) is 0. The van der Waals surface area contributed by atoms with E-state index in [0.29, 0.717) is 0 Å². The maximum atomic E-state index is 12.0. The van der Waals surface area contributed by atoms with Crippen molar-refractivity contribution in [2.75, 3.05) is 21.2 Å². The van der Waals surface area contributed by atoms with Gasteiger partial charge < -0.3 is 15.4 Å². The van der Waals surface area contributed by atoms with Crippen LogP contribution in [0.25, 0.3) is 0 Å². The lowest BCUT2D eigenvalue weighted by atomic mass is 9.92. The summed E-state index contributed by atoms with van der Waals surface area (Å²) in [5, 5.41) is 0. The Morgan fingerprint density at radius 3 is 2.28 bits per heavy atom. The normalized spacial score (nSPS) is 12.2. The highest BCUT2D eigenvalue weighted by Crippen LogP contribution is 2.30. The van der Waals surface area contributed by atoms with Gasteiger partial charge in [0.2, 0.25) is 5.91 Å². The molecular formula is C14H22N2O2. The Morgan fingerprint density at radius 1 is 1.28 bits per heavy atom. The summed E-state index contributed by atoms with van der Waals surface area (Å²) in [7, 11) is 5.07. The van der Waals surface area contributed by atoms with E-state index < -0.39 is 6.04 Å². The molecule has 0 heterocycles. The maximum Gasteiger partial charge on any atom is 0.243 e. The van der Waals surface area contributed by atoms with Crippen LogP contribution in [0, 0.1) is 20.8 Å². The molecule has 1 atom stereocenters. The smallest absolute Gasteiger partial charge is 0.243 e. The zero-order valence-corrected chi connectivity index (χ0v) is 12.0. The van der Waals surface area contributed by atoms with Gasteiger partial charge in [-0.2, -0.15) is 0 Å². The van der Waals surface area contributed by atoms with E-state index in [2.05, 4.69) is 0 Å². The summed E-state index contributed by atoms with van der Waals surface area (Å²) in [6.45, 7) is 5.90. The fraction of sp³-hybridized carbons (Fsp3) is 0.500. The van der Waals surface area contributed by atoms with E-state index in [1.807, 2.05) is 26.8 Å². The minimum Gasteiger partial charge on any atom is -0.496 e. The van der Waals surface area contributed by atoms with E-state index in [9.17, 15) is 4.79 Å². The number of ether oxygens (including phenoxy) is 1. The molecule has 1 amide bonds. The first kappa shape index (κ1) is 14.5. The van der Waals surface area contributed by atoms with Gasteiger partial charge in [-0.3, -0.25) is 4.79 Å². The van der Waals surface area contributed by atoms with Crippen molar-refractivity contribution < 1.29 is 9.53 Å². The van der Waals surface area contributed by atoms with Crippen LogP contribution in [0.1, 0.15) is 28.3 Å². The number of carbonyl (C=O) groups excluding carboxylic acids is 1. The average molecular weight is 250 g/mol. The van der Waals surface area contributed by atoms with Gasteiger partial charge in [-0.05, 0) is 49.1 Å². The highest BCUT2D eigenvalue weighted by molar-refractivity contribution is 5.83. The molecule has 0 aromatic heterocycles. The van der Waals surface area contributed by atoms with Crippen LogP contribution in [0.3, 0.4) is 0 Å². The Kier molecular flexibility index (Phi) is 4.35. The summed E-state index contributed by atoms with van der Waals surface area (Å²) in [5.41, 5.74) is 10.00. The largest absolute Gasteiger partial charge is 0.496 e. The lowest BCUT2D eigenvalue weighted by Gasteiger charge is -2.22. The molecule has 1 unspecified atom stereocenters. The maximum absolute atomic E-state index is 12.0. The number of nitrogens with two attached hydrogens (primary N) is 1. The highest BCUT2D eigenvalue weighted by atomic mass is 16.5. The van der Waals surface area contributed by atoms with Gasteiger partial charge in [-0.25, -0.2) is 0 Å². The number of likely N-dealkylation sites (N-methyl/N-ethyl adjacent to an activating group) is 1. The van der Waals surface area contributed by atoms with E-state index in [-0.39, 0.29) is 5.91 Å². The first-order chi connectivity index (χ1) is 8.31. The van der Waals surface area contributed by atoms with Gasteiger partial charge in [0.1, 0.15) is 11.8 Å². The van der Waals surface area contributed by atoms with E-state index in [1.165, 1.54) is 4.90 Å². The van der Waals surface area contributed by atoms with Gasteiger partial charge in [-0.15, -0.1) is 0 Å². The van der Waals surface area contributed by atoms with Crippen LogP contribution in [-0.2, 0) is 4.79 Å². The number of benzene rings is 1. The molecule has 100 valence electrons. The molecule has 0 aliphatic heterocycles. The van der Waals surface area contributed by atoms with Crippen molar-refractivity contribution in [2.24, 2.45) is 5.73 Å². The quantitative estimate of drug-likeness (QED) is 0.888. The second kappa shape index (κ2) is 5.40. The molecule has 1 aromatic carbocycles. The second-order valence-corrected chi connectivity index (χ2v) is 4.77. The third-order valence-electron chi connectivity index (χ3n) is 3.35. The number of carbonyl (C=O) groups is 1.